The number of rotatable bonds is 23. The van der Waals surface area contributed by atoms with E-state index < -0.39 is 204 Å². The Kier molecular flexibility index (Phi) is 25.7. The van der Waals surface area contributed by atoms with Crippen LogP contribution >= 0.6 is 0 Å². The largest absolute Gasteiger partial charge is 0.468 e. The van der Waals surface area contributed by atoms with Crippen LogP contribution in [0.3, 0.4) is 0 Å². The minimum atomic E-state index is -1.98. The van der Waals surface area contributed by atoms with Crippen molar-refractivity contribution in [3.63, 3.8) is 0 Å². The molecule has 6 aliphatic rings. The maximum atomic E-state index is 13.6. The van der Waals surface area contributed by atoms with Crippen LogP contribution < -0.4 is 4.74 Å². The number of esters is 6. The van der Waals surface area contributed by atoms with Crippen LogP contribution in [0.5, 0.6) is 5.75 Å². The molecule has 1 aromatic carbocycles. The Hall–Kier alpha value is -6.80. The van der Waals surface area contributed by atoms with Crippen LogP contribution in [0.1, 0.15) is 45.6 Å². The fraction of sp³-hybridized carbons (Fsp3) is 0.593. The third-order valence-electron chi connectivity index (χ3n) is 15.8. The molecule has 0 amide bonds. The summed E-state index contributed by atoms with van der Waals surface area (Å²) < 4.78 is 82.6. The van der Waals surface area contributed by atoms with E-state index in [2.05, 4.69) is 0 Å². The van der Waals surface area contributed by atoms with E-state index in [1.54, 1.807) is 19.1 Å². The van der Waals surface area contributed by atoms with Gasteiger partial charge in [0.25, 0.3) is 0 Å². The Labute approximate surface area is 519 Å². The zero-order chi connectivity index (χ0) is 66.5. The van der Waals surface area contributed by atoms with Gasteiger partial charge in [0, 0.05) is 40.9 Å². The summed E-state index contributed by atoms with van der Waals surface area (Å²) in [5, 5.41) is 115. The lowest BCUT2D eigenvalue weighted by atomic mass is 9.86. The first-order chi connectivity index (χ1) is 43.5. The van der Waals surface area contributed by atoms with Crippen molar-refractivity contribution in [1.29, 1.82) is 0 Å². The highest BCUT2D eigenvalue weighted by Crippen LogP contribution is 2.40. The van der Waals surface area contributed by atoms with Crippen molar-refractivity contribution < 1.29 is 156 Å². The maximum Gasteiger partial charge on any atom is 0.337 e. The van der Waals surface area contributed by atoms with Gasteiger partial charge >= 0.3 is 35.8 Å². The molecule has 0 aliphatic carbocycles. The molecule has 1 aromatic rings. The fourth-order valence-corrected chi connectivity index (χ4v) is 10.7. The number of ether oxygens (including phenoxy) is 15. The van der Waals surface area contributed by atoms with Crippen LogP contribution in [0.15, 0.2) is 94.7 Å². The van der Waals surface area contributed by atoms with Gasteiger partial charge in [-0.1, -0.05) is 30.4 Å². The third-order valence-corrected chi connectivity index (χ3v) is 15.8. The SMILES string of the molecule is CC=C1C(OC2OC(CO)C(O)C(O)C2O)OC=C(C(=O)OC)C1CC(=O)OCC1OC(OC2OC=C(C(=O)OC)C(CC(=O)OCCc3ccc(OC(=O)CC4C(C(=O)OC)=COC(OC5OC(CO)C(O)C(O)C5O)C4=CC)cc3)C2=CC)C(O)C(O)C1O. The number of carbonyl (C=O) groups excluding carboxylic acids is 6. The number of hydrogen-bond acceptors (Lipinski definition) is 32. The highest BCUT2D eigenvalue weighted by molar-refractivity contribution is 5.92. The number of allylic oxidation sites excluding steroid dienone is 3. The summed E-state index contributed by atoms with van der Waals surface area (Å²) >= 11 is 0. The van der Waals surface area contributed by atoms with Crippen LogP contribution in [0.4, 0.5) is 0 Å². The Morgan fingerprint density at radius 3 is 1.14 bits per heavy atom. The standard InChI is InChI=1S/C59H76O32/c1-7-27-30(16-39(62)80-15-14-25-10-12-26(13-11-25)85-41(64)18-32-29(9-3)56(84-23-35(32)53(76)79-6)90-58-49(72)46(69)43(66)37(20-61)87-58)33(51(74)77-4)21-83-55(27)91-59-50(73)47(70)44(67)38(88-59)24-81-40(63)17-31-28(8-2)54(82-22-34(31)52(75)78-5)89-57-48(71)45(68)42(65)36(19-60)86-57/h7-13,21-23,30-32,36-38,42-50,54-61,65-73H,14-20,24H2,1-6H3. The number of aliphatic hydroxyl groups excluding tert-OH is 11. The van der Waals surface area contributed by atoms with E-state index in [0.717, 1.165) is 40.1 Å². The summed E-state index contributed by atoms with van der Waals surface area (Å²) in [6, 6.07) is 6.12. The summed E-state index contributed by atoms with van der Waals surface area (Å²) in [5.74, 6) is -8.58. The Balaban J connectivity index is 0.931. The number of hydrogen-bond donors (Lipinski definition) is 11. The van der Waals surface area contributed by atoms with Crippen LogP contribution in [-0.2, 0) is 102 Å². The Bertz CT molecular complexity index is 2900. The van der Waals surface area contributed by atoms with Crippen LogP contribution in [0.2, 0.25) is 0 Å². The van der Waals surface area contributed by atoms with Crippen molar-refractivity contribution in [1.82, 2.24) is 0 Å². The molecule has 0 radical (unpaired) electrons. The van der Waals surface area contributed by atoms with Crippen molar-refractivity contribution in [2.45, 2.75) is 157 Å². The van der Waals surface area contributed by atoms with Gasteiger partial charge in [0.05, 0.1) is 95.9 Å². The maximum absolute atomic E-state index is 13.6. The summed E-state index contributed by atoms with van der Waals surface area (Å²) in [6.07, 6.45) is -24.3. The Morgan fingerprint density at radius 1 is 0.451 bits per heavy atom. The normalized spacial score (nSPS) is 35.5. The second-order valence-electron chi connectivity index (χ2n) is 21.3. The molecule has 7 rings (SSSR count). The topological polar surface area (TPSA) is 463 Å². The molecule has 91 heavy (non-hydrogen) atoms. The van der Waals surface area contributed by atoms with E-state index in [0.29, 0.717) is 5.56 Å². The van der Waals surface area contributed by atoms with Gasteiger partial charge in [0.1, 0.15) is 85.6 Å². The lowest BCUT2D eigenvalue weighted by Crippen LogP contribution is -2.60. The number of aliphatic hydroxyl groups is 11. The summed E-state index contributed by atoms with van der Waals surface area (Å²) in [5.41, 5.74) is 0.644. The average molecular weight is 1300 g/mol. The molecular weight excluding hydrogens is 1220 g/mol. The average Bonchev–Trinajstić information content (AvgIpc) is 1.13. The van der Waals surface area contributed by atoms with E-state index in [9.17, 15) is 84.9 Å². The second kappa shape index (κ2) is 32.7. The molecule has 6 aliphatic heterocycles. The molecule has 504 valence electrons. The van der Waals surface area contributed by atoms with Gasteiger partial charge in [-0.2, -0.15) is 0 Å². The molecule has 21 atom stereocenters. The number of methoxy groups -OCH3 is 3. The highest BCUT2D eigenvalue weighted by Gasteiger charge is 2.51. The molecule has 3 saturated heterocycles. The van der Waals surface area contributed by atoms with Gasteiger partial charge in [-0.15, -0.1) is 0 Å². The van der Waals surface area contributed by atoms with Crippen LogP contribution in [-0.4, -0.2) is 251 Å². The van der Waals surface area contributed by atoms with Crippen molar-refractivity contribution in [3.05, 3.63) is 100 Å². The van der Waals surface area contributed by atoms with E-state index in [-0.39, 0.29) is 52.2 Å². The molecule has 6 heterocycles. The molecule has 3 fully saturated rings. The smallest absolute Gasteiger partial charge is 0.337 e. The molecular formula is C59H76O32. The molecule has 32 nitrogen and oxygen atoms in total. The number of benzene rings is 1. The van der Waals surface area contributed by atoms with Crippen molar-refractivity contribution in [2.75, 3.05) is 47.8 Å². The van der Waals surface area contributed by atoms with Crippen LogP contribution in [0.25, 0.3) is 0 Å². The molecule has 11 N–H and O–H groups in total. The van der Waals surface area contributed by atoms with Gasteiger partial charge in [0.15, 0.2) is 18.9 Å². The van der Waals surface area contributed by atoms with Crippen molar-refractivity contribution in [3.8, 4) is 5.75 Å². The molecule has 0 saturated carbocycles. The van der Waals surface area contributed by atoms with E-state index in [1.165, 1.54) is 44.2 Å². The Morgan fingerprint density at radius 2 is 0.791 bits per heavy atom. The zero-order valence-corrected chi connectivity index (χ0v) is 50.0. The molecule has 0 aromatic heterocycles. The van der Waals surface area contributed by atoms with Gasteiger partial charge < -0.3 is 127 Å². The van der Waals surface area contributed by atoms with E-state index >= 15 is 0 Å². The predicted molar refractivity (Wildman–Crippen MR) is 296 cm³/mol. The van der Waals surface area contributed by atoms with Crippen molar-refractivity contribution >= 4 is 35.8 Å². The lowest BCUT2D eigenvalue weighted by molar-refractivity contribution is -0.328. The summed E-state index contributed by atoms with van der Waals surface area (Å²) in [6.45, 7) is 2.14. The van der Waals surface area contributed by atoms with Crippen LogP contribution in [0, 0.1) is 17.8 Å². The molecule has 21 unspecified atom stereocenters. The monoisotopic (exact) mass is 1300 g/mol. The van der Waals surface area contributed by atoms with Gasteiger partial charge in [-0.25, -0.2) is 14.4 Å². The zero-order valence-electron chi connectivity index (χ0n) is 50.0. The predicted octanol–water partition coefficient (Wildman–Crippen LogP) is -3.22. The minimum Gasteiger partial charge on any atom is -0.468 e. The molecule has 0 bridgehead atoms. The van der Waals surface area contributed by atoms with Gasteiger partial charge in [-0.3, -0.25) is 14.4 Å². The third kappa shape index (κ3) is 16.7. The first-order valence-electron chi connectivity index (χ1n) is 28.7. The highest BCUT2D eigenvalue weighted by atomic mass is 16.8. The minimum absolute atomic E-state index is 0.0851. The first kappa shape index (κ1) is 71.6. The number of carbonyl (C=O) groups is 6. The van der Waals surface area contributed by atoms with Crippen molar-refractivity contribution in [2.24, 2.45) is 17.8 Å². The van der Waals surface area contributed by atoms with E-state index in [1.807, 2.05) is 0 Å². The molecule has 0 spiro atoms. The second-order valence-corrected chi connectivity index (χ2v) is 21.3. The first-order valence-corrected chi connectivity index (χ1v) is 28.7. The summed E-state index contributed by atoms with van der Waals surface area (Å²) in [4.78, 5) is 79.4. The summed E-state index contributed by atoms with van der Waals surface area (Å²) in [7, 11) is 3.29. The fourth-order valence-electron chi connectivity index (χ4n) is 10.7. The molecule has 32 heteroatoms. The van der Waals surface area contributed by atoms with E-state index in [4.69, 9.17) is 71.1 Å². The quantitative estimate of drug-likeness (QED) is 0.0222. The van der Waals surface area contributed by atoms with Gasteiger partial charge in [-0.05, 0) is 38.5 Å². The lowest BCUT2D eigenvalue weighted by Gasteiger charge is -2.42. The van der Waals surface area contributed by atoms with Gasteiger partial charge in [0.2, 0.25) is 18.9 Å².